The van der Waals surface area contributed by atoms with Crippen LogP contribution in [0.2, 0.25) is 0 Å². The van der Waals surface area contributed by atoms with Crippen LogP contribution in [-0.4, -0.2) is 0 Å². The Morgan fingerprint density at radius 3 is 0.519 bits per heavy atom. The van der Waals surface area contributed by atoms with Crippen molar-refractivity contribution in [2.45, 2.75) is 188 Å². The Labute approximate surface area is 366 Å². The second-order valence-electron chi connectivity index (χ2n) is 10.0. The molecule has 4 aromatic carbocycles. The normalized spacial score (nSPS) is 12.3. The molecule has 4 aromatic rings. The first-order valence-electron chi connectivity index (χ1n) is 21.1. The third kappa shape index (κ3) is 23.2. The summed E-state index contributed by atoms with van der Waals surface area (Å²) in [5.41, 5.74) is 6.52. The number of hydrogen-bond donors (Lipinski definition) is 0. The van der Waals surface area contributed by atoms with Crippen LogP contribution in [-0.2, 0) is 47.9 Å². The van der Waals surface area contributed by atoms with E-state index in [4.69, 9.17) is 0 Å². The minimum atomic E-state index is 0. The summed E-state index contributed by atoms with van der Waals surface area (Å²) >= 11 is 0. The van der Waals surface area contributed by atoms with Gasteiger partial charge in [0.1, 0.15) is 0 Å². The van der Waals surface area contributed by atoms with Gasteiger partial charge in [0.15, 0.2) is 0 Å². The minimum Gasteiger partial charge on any atom is -0.0776 e. The van der Waals surface area contributed by atoms with Gasteiger partial charge in [0.2, 0.25) is 0 Å². The molecule has 310 valence electrons. The van der Waals surface area contributed by atoms with Crippen molar-refractivity contribution in [3.63, 3.8) is 0 Å². The van der Waals surface area contributed by atoms with E-state index in [0.717, 1.165) is 0 Å². The maximum Gasteiger partial charge on any atom is 0.0202 e. The number of rotatable bonds is 4. The van der Waals surface area contributed by atoms with Gasteiger partial charge < -0.3 is 0 Å². The Bertz CT molecular complexity index is 952. The summed E-state index contributed by atoms with van der Waals surface area (Å²) < 4.78 is 0. The Hall–Kier alpha value is -1.95. The molecule has 0 heterocycles. The summed E-state index contributed by atoms with van der Waals surface area (Å²) in [7, 11) is 0. The van der Waals surface area contributed by atoms with Gasteiger partial charge >= 0.3 is 0 Å². The topological polar surface area (TPSA) is 0 Å². The van der Waals surface area contributed by atoms with E-state index in [1.807, 2.05) is 111 Å². The predicted octanol–water partition coefficient (Wildman–Crippen LogP) is 18.6. The molecule has 2 radical (unpaired) electrons. The van der Waals surface area contributed by atoms with Gasteiger partial charge in [-0.3, -0.25) is 0 Å². The molecule has 0 unspecified atom stereocenters. The largest absolute Gasteiger partial charge is 0.0776 e. The van der Waals surface area contributed by atoms with Crippen LogP contribution < -0.4 is 0 Å². The first-order valence-corrected chi connectivity index (χ1v) is 21.1. The average molecular weight is 819 g/mol. The van der Waals surface area contributed by atoms with E-state index in [2.05, 4.69) is 121 Å². The van der Waals surface area contributed by atoms with Crippen LogP contribution >= 0.6 is 0 Å². The van der Waals surface area contributed by atoms with Crippen LogP contribution in [0.15, 0.2) is 121 Å². The second kappa shape index (κ2) is 51.0. The van der Waals surface area contributed by atoms with Crippen LogP contribution in [0.5, 0.6) is 0 Å². The quantitative estimate of drug-likeness (QED) is 0.192. The van der Waals surface area contributed by atoms with Crippen LogP contribution in [0.25, 0.3) is 0 Å². The number of hydrogen-bond acceptors (Lipinski definition) is 0. The molecule has 0 atom stereocenters. The van der Waals surface area contributed by atoms with Crippen molar-refractivity contribution in [1.29, 1.82) is 0 Å². The summed E-state index contributed by atoms with van der Waals surface area (Å²) in [6.07, 6.45) is 10.6. The van der Waals surface area contributed by atoms with Crippen molar-refractivity contribution in [3.8, 4) is 0 Å². The molecule has 0 nitrogen and oxygen atoms in total. The summed E-state index contributed by atoms with van der Waals surface area (Å²) in [6.45, 7) is 32.0. The zero-order chi connectivity index (χ0) is 39.1. The van der Waals surface area contributed by atoms with E-state index in [9.17, 15) is 0 Å². The molecule has 0 spiro atoms. The van der Waals surface area contributed by atoms with Crippen molar-refractivity contribution in [2.75, 3.05) is 0 Å². The van der Waals surface area contributed by atoms with E-state index in [1.54, 1.807) is 0 Å². The molecule has 0 aromatic heterocycles. The first kappa shape index (κ1) is 69.9. The zero-order valence-electron chi connectivity index (χ0n) is 37.1. The van der Waals surface area contributed by atoms with Crippen molar-refractivity contribution in [3.05, 3.63) is 144 Å². The zero-order valence-corrected chi connectivity index (χ0v) is 39.9. The SMILES string of the molecule is C.C.CC.CC.CC.CC.CC.CC.CC.CC.[V].[V].c1ccc(C2(c3ccccc3)CCCC2)cc1.c1ccc(C2(c3ccccc3)CCCC2)cc1. The van der Waals surface area contributed by atoms with Gasteiger partial charge in [-0.2, -0.15) is 0 Å². The Kier molecular flexibility index (Phi) is 66.1. The molecule has 6 rings (SSSR count). The van der Waals surface area contributed by atoms with Gasteiger partial charge in [0.05, 0.1) is 0 Å². The number of benzene rings is 4. The molecule has 2 heteroatoms. The molecule has 0 bridgehead atoms. The molecular formula is C52H92V2. The monoisotopic (exact) mass is 819 g/mol. The molecule has 2 aliphatic carbocycles. The van der Waals surface area contributed by atoms with Crippen LogP contribution in [0, 0.1) is 0 Å². The van der Waals surface area contributed by atoms with Crippen molar-refractivity contribution in [2.24, 2.45) is 0 Å². The molecular weight excluding hydrogens is 726 g/mol. The van der Waals surface area contributed by atoms with Gasteiger partial charge in [-0.15, -0.1) is 0 Å². The van der Waals surface area contributed by atoms with E-state index in [-0.39, 0.29) is 62.8 Å². The van der Waals surface area contributed by atoms with Crippen molar-refractivity contribution in [1.82, 2.24) is 0 Å². The maximum absolute atomic E-state index is 2.29. The van der Waals surface area contributed by atoms with Gasteiger partial charge in [0, 0.05) is 47.9 Å². The second-order valence-corrected chi connectivity index (χ2v) is 10.0. The molecule has 0 aliphatic heterocycles. The summed E-state index contributed by atoms with van der Waals surface area (Å²) in [4.78, 5) is 0. The van der Waals surface area contributed by atoms with Gasteiger partial charge in [-0.25, -0.2) is 0 Å². The van der Waals surface area contributed by atoms with Gasteiger partial charge in [-0.05, 0) is 47.9 Å². The molecule has 0 saturated heterocycles. The third-order valence-electron chi connectivity index (χ3n) is 8.22. The first-order chi connectivity index (χ1) is 24.8. The van der Waals surface area contributed by atoms with Gasteiger partial charge in [-0.1, -0.05) is 273 Å². The van der Waals surface area contributed by atoms with E-state index < -0.39 is 0 Å². The molecule has 0 amide bonds. The molecule has 0 N–H and O–H groups in total. The van der Waals surface area contributed by atoms with E-state index in [1.165, 1.54) is 73.6 Å². The van der Waals surface area contributed by atoms with E-state index in [0.29, 0.717) is 0 Å². The van der Waals surface area contributed by atoms with Crippen LogP contribution in [0.3, 0.4) is 0 Å². The van der Waals surface area contributed by atoms with Crippen LogP contribution in [0.4, 0.5) is 0 Å². The fraction of sp³-hybridized carbons (Fsp3) is 0.538. The maximum atomic E-state index is 2.29. The minimum absolute atomic E-state index is 0. The summed E-state index contributed by atoms with van der Waals surface area (Å²) in [6, 6.07) is 44.1. The van der Waals surface area contributed by atoms with Crippen molar-refractivity contribution < 1.29 is 37.1 Å². The van der Waals surface area contributed by atoms with Gasteiger partial charge in [0.25, 0.3) is 0 Å². The van der Waals surface area contributed by atoms with Crippen molar-refractivity contribution >= 4 is 0 Å². The average Bonchev–Trinajstić information content (AvgIpc) is 3.98. The molecule has 2 aliphatic rings. The fourth-order valence-electron chi connectivity index (χ4n) is 6.47. The molecule has 54 heavy (non-hydrogen) atoms. The third-order valence-corrected chi connectivity index (χ3v) is 8.22. The smallest absolute Gasteiger partial charge is 0.0202 e. The predicted molar refractivity (Wildman–Crippen MR) is 249 cm³/mol. The molecule has 2 saturated carbocycles. The molecule has 2 fully saturated rings. The van der Waals surface area contributed by atoms with Crippen LogP contribution in [0.1, 0.15) is 199 Å². The fourth-order valence-corrected chi connectivity index (χ4v) is 6.47. The standard InChI is InChI=1S/2C17H18.8C2H6.2CH4.2V/c2*1-3-9-15(10-4-1)17(13-7-8-14-17)16-11-5-2-6-12-16;8*1-2;;;;/h2*1-6,9-12H,7-8,13-14H2;8*1-2H3;2*1H4;;. The van der Waals surface area contributed by atoms with E-state index >= 15 is 0 Å². The Balaban J connectivity index is -0.0000000905. The Morgan fingerprint density at radius 1 is 0.259 bits per heavy atom. The summed E-state index contributed by atoms with van der Waals surface area (Å²) in [5, 5.41) is 0. The summed E-state index contributed by atoms with van der Waals surface area (Å²) in [5.74, 6) is 0. The Morgan fingerprint density at radius 2 is 0.389 bits per heavy atom.